The molecule has 8 heteroatoms. The number of H-pyrrole nitrogens is 1. The third-order valence-electron chi connectivity index (χ3n) is 4.94. The second-order valence-corrected chi connectivity index (χ2v) is 7.42. The van der Waals surface area contributed by atoms with Gasteiger partial charge >= 0.3 is 0 Å². The number of carbonyl (C=O) groups excluding carboxylic acids is 1. The van der Waals surface area contributed by atoms with E-state index in [0.29, 0.717) is 33.6 Å². The van der Waals surface area contributed by atoms with E-state index in [1.54, 1.807) is 16.9 Å². The van der Waals surface area contributed by atoms with Crippen LogP contribution in [0.3, 0.4) is 0 Å². The Morgan fingerprint density at radius 2 is 2.18 bits per heavy atom. The van der Waals surface area contributed by atoms with Gasteiger partial charge in [-0.1, -0.05) is 17.7 Å². The van der Waals surface area contributed by atoms with Gasteiger partial charge in [0.15, 0.2) is 5.82 Å². The molecule has 0 spiro atoms. The largest absolute Gasteiger partial charge is 0.322 e. The number of halogens is 1. The predicted molar refractivity (Wildman–Crippen MR) is 107 cm³/mol. The van der Waals surface area contributed by atoms with E-state index in [1.165, 1.54) is 0 Å². The van der Waals surface area contributed by atoms with E-state index < -0.39 is 0 Å². The standard InChI is InChI=1S/C20H17ClN6O/c1-11-8-15(21)13(19-24-18(25-26-19)12-5-6-12)9-16(11)23-20(28)14-10-22-27-7-3-2-4-17(14)27/h2-4,7-10,12H,5-6H2,1H3,(H,23,28)(H,24,25,26). The highest BCUT2D eigenvalue weighted by atomic mass is 35.5. The first-order chi connectivity index (χ1) is 13.6. The van der Waals surface area contributed by atoms with E-state index in [0.717, 1.165) is 29.7 Å². The van der Waals surface area contributed by atoms with Crippen LogP contribution in [0.5, 0.6) is 0 Å². The Morgan fingerprint density at radius 1 is 1.32 bits per heavy atom. The zero-order chi connectivity index (χ0) is 19.3. The number of anilines is 1. The number of carbonyl (C=O) groups is 1. The lowest BCUT2D eigenvalue weighted by molar-refractivity contribution is 0.102. The lowest BCUT2D eigenvalue weighted by atomic mass is 10.1. The second-order valence-electron chi connectivity index (χ2n) is 7.01. The number of hydrogen-bond acceptors (Lipinski definition) is 4. The molecule has 7 nitrogen and oxygen atoms in total. The van der Waals surface area contributed by atoms with Gasteiger partial charge in [0.25, 0.3) is 5.91 Å². The summed E-state index contributed by atoms with van der Waals surface area (Å²) in [5.41, 5.74) is 3.46. The molecule has 0 radical (unpaired) electrons. The number of aryl methyl sites for hydroxylation is 1. The van der Waals surface area contributed by atoms with E-state index in [-0.39, 0.29) is 5.91 Å². The Morgan fingerprint density at radius 3 is 3.00 bits per heavy atom. The number of benzene rings is 1. The molecule has 5 rings (SSSR count). The third-order valence-corrected chi connectivity index (χ3v) is 5.25. The average molecular weight is 393 g/mol. The molecule has 0 saturated heterocycles. The minimum Gasteiger partial charge on any atom is -0.322 e. The number of hydrogen-bond donors (Lipinski definition) is 2. The van der Waals surface area contributed by atoms with E-state index >= 15 is 0 Å². The van der Waals surface area contributed by atoms with Crippen LogP contribution < -0.4 is 5.32 Å². The molecule has 0 atom stereocenters. The van der Waals surface area contributed by atoms with E-state index in [9.17, 15) is 4.79 Å². The van der Waals surface area contributed by atoms with Gasteiger partial charge in [0.1, 0.15) is 5.82 Å². The highest BCUT2D eigenvalue weighted by molar-refractivity contribution is 6.33. The summed E-state index contributed by atoms with van der Waals surface area (Å²) < 4.78 is 1.67. The summed E-state index contributed by atoms with van der Waals surface area (Å²) >= 11 is 6.43. The minimum atomic E-state index is -0.230. The molecule has 1 fully saturated rings. The van der Waals surface area contributed by atoms with Crippen LogP contribution in [0.1, 0.15) is 40.5 Å². The van der Waals surface area contributed by atoms with Crippen molar-refractivity contribution in [3.8, 4) is 11.4 Å². The van der Waals surface area contributed by atoms with Gasteiger partial charge in [-0.05, 0) is 49.6 Å². The summed E-state index contributed by atoms with van der Waals surface area (Å²) in [6.45, 7) is 1.90. The first-order valence-electron chi connectivity index (χ1n) is 9.06. The fraction of sp³-hybridized carbons (Fsp3) is 0.200. The van der Waals surface area contributed by atoms with Gasteiger partial charge in [-0.15, -0.1) is 0 Å². The van der Waals surface area contributed by atoms with Gasteiger partial charge in [-0.25, -0.2) is 9.50 Å². The Kier molecular flexibility index (Phi) is 3.91. The number of aromatic nitrogens is 5. The molecule has 0 aliphatic heterocycles. The number of nitrogens with one attached hydrogen (secondary N) is 2. The molecule has 1 amide bonds. The quantitative estimate of drug-likeness (QED) is 0.544. The van der Waals surface area contributed by atoms with Crippen LogP contribution in [0.4, 0.5) is 5.69 Å². The van der Waals surface area contributed by atoms with E-state index in [2.05, 4.69) is 25.6 Å². The zero-order valence-corrected chi connectivity index (χ0v) is 15.9. The number of aromatic amines is 1. The molecule has 4 aromatic rings. The van der Waals surface area contributed by atoms with Crippen LogP contribution in [-0.2, 0) is 0 Å². The molecule has 1 aliphatic rings. The summed E-state index contributed by atoms with van der Waals surface area (Å²) in [5.74, 6) is 1.67. The predicted octanol–water partition coefficient (Wildman–Crippen LogP) is 4.21. The van der Waals surface area contributed by atoms with Crippen LogP contribution in [0.15, 0.2) is 42.7 Å². The SMILES string of the molecule is Cc1cc(Cl)c(-c2n[nH]c(C3CC3)n2)cc1NC(=O)c1cnn2ccccc12. The van der Waals surface area contributed by atoms with E-state index in [1.807, 2.05) is 37.3 Å². The van der Waals surface area contributed by atoms with Gasteiger partial charge in [-0.3, -0.25) is 9.89 Å². The van der Waals surface area contributed by atoms with Crippen molar-refractivity contribution in [1.82, 2.24) is 24.8 Å². The van der Waals surface area contributed by atoms with Gasteiger partial charge < -0.3 is 5.32 Å². The Hall–Kier alpha value is -3.19. The highest BCUT2D eigenvalue weighted by Gasteiger charge is 2.27. The molecule has 1 aromatic carbocycles. The van der Waals surface area contributed by atoms with Crippen molar-refractivity contribution in [2.45, 2.75) is 25.7 Å². The average Bonchev–Trinajstić information content (AvgIpc) is 3.26. The molecular weight excluding hydrogens is 376 g/mol. The van der Waals surface area contributed by atoms with Crippen molar-refractivity contribution in [3.63, 3.8) is 0 Å². The summed E-state index contributed by atoms with van der Waals surface area (Å²) in [6, 6.07) is 9.23. The second kappa shape index (κ2) is 6.45. The maximum atomic E-state index is 12.8. The monoisotopic (exact) mass is 392 g/mol. The molecule has 3 heterocycles. The Labute approximate surface area is 165 Å². The molecule has 0 unspecified atom stereocenters. The van der Waals surface area contributed by atoms with Gasteiger partial charge in [0.2, 0.25) is 0 Å². The maximum Gasteiger partial charge on any atom is 0.259 e. The summed E-state index contributed by atoms with van der Waals surface area (Å²) in [5, 5.41) is 15.0. The molecule has 1 aliphatic carbocycles. The maximum absolute atomic E-state index is 12.8. The molecular formula is C20H17ClN6O. The third kappa shape index (κ3) is 2.93. The number of nitrogens with zero attached hydrogens (tertiary/aromatic N) is 4. The molecule has 0 bridgehead atoms. The van der Waals surface area contributed by atoms with Crippen molar-refractivity contribution in [2.24, 2.45) is 0 Å². The van der Waals surface area contributed by atoms with Crippen LogP contribution in [0, 0.1) is 6.92 Å². The minimum absolute atomic E-state index is 0.230. The molecule has 3 aromatic heterocycles. The van der Waals surface area contributed by atoms with Crippen LogP contribution in [0.25, 0.3) is 16.9 Å². The molecule has 140 valence electrons. The Balaban J connectivity index is 1.48. The first kappa shape index (κ1) is 16.9. The smallest absolute Gasteiger partial charge is 0.259 e. The van der Waals surface area contributed by atoms with Crippen molar-refractivity contribution in [2.75, 3.05) is 5.32 Å². The topological polar surface area (TPSA) is 88.0 Å². The fourth-order valence-electron chi connectivity index (χ4n) is 3.21. The van der Waals surface area contributed by atoms with Gasteiger partial charge in [-0.2, -0.15) is 10.2 Å². The number of fused-ring (bicyclic) bond motifs is 1. The van der Waals surface area contributed by atoms with Crippen molar-refractivity contribution < 1.29 is 4.79 Å². The molecule has 1 saturated carbocycles. The number of pyridine rings is 1. The highest BCUT2D eigenvalue weighted by Crippen LogP contribution is 2.39. The molecule has 28 heavy (non-hydrogen) atoms. The number of amides is 1. The zero-order valence-electron chi connectivity index (χ0n) is 15.1. The van der Waals surface area contributed by atoms with Crippen molar-refractivity contribution in [1.29, 1.82) is 0 Å². The summed E-state index contributed by atoms with van der Waals surface area (Å²) in [7, 11) is 0. The fourth-order valence-corrected chi connectivity index (χ4v) is 3.51. The normalized spacial score (nSPS) is 13.8. The number of rotatable bonds is 4. The van der Waals surface area contributed by atoms with E-state index in [4.69, 9.17) is 11.6 Å². The molecule has 2 N–H and O–H groups in total. The van der Waals surface area contributed by atoms with Crippen LogP contribution >= 0.6 is 11.6 Å². The lowest BCUT2D eigenvalue weighted by Crippen LogP contribution is -2.12. The van der Waals surface area contributed by atoms with Crippen molar-refractivity contribution >= 4 is 28.7 Å². The summed E-state index contributed by atoms with van der Waals surface area (Å²) in [6.07, 6.45) is 5.64. The van der Waals surface area contributed by atoms with Crippen molar-refractivity contribution in [3.05, 3.63) is 64.7 Å². The Bertz CT molecular complexity index is 1210. The lowest BCUT2D eigenvalue weighted by Gasteiger charge is -2.11. The summed E-state index contributed by atoms with van der Waals surface area (Å²) in [4.78, 5) is 17.4. The van der Waals surface area contributed by atoms with Crippen LogP contribution in [0.2, 0.25) is 5.02 Å². The van der Waals surface area contributed by atoms with Gasteiger partial charge in [0, 0.05) is 23.4 Å². The van der Waals surface area contributed by atoms with Crippen LogP contribution in [-0.4, -0.2) is 30.7 Å². The van der Waals surface area contributed by atoms with Gasteiger partial charge in [0.05, 0.1) is 22.3 Å². The first-order valence-corrected chi connectivity index (χ1v) is 9.44.